The van der Waals surface area contributed by atoms with E-state index in [0.29, 0.717) is 40.6 Å². The van der Waals surface area contributed by atoms with Crippen LogP contribution in [-0.4, -0.2) is 87.4 Å². The Morgan fingerprint density at radius 2 is 1.80 bits per heavy atom. The van der Waals surface area contributed by atoms with Crippen molar-refractivity contribution in [2.45, 2.75) is 96.6 Å². The zero-order valence-electron chi connectivity index (χ0n) is 37.9. The number of fused-ring (bicyclic) bond motifs is 2. The third kappa shape index (κ3) is 11.3. The number of nitrogens with one attached hydrogen (secondary N) is 3. The van der Waals surface area contributed by atoms with Crippen molar-refractivity contribution in [2.75, 3.05) is 49.5 Å². The van der Waals surface area contributed by atoms with Gasteiger partial charge in [-0.15, -0.1) is 0 Å². The van der Waals surface area contributed by atoms with Gasteiger partial charge >= 0.3 is 6.03 Å². The Kier molecular flexibility index (Phi) is 16.7. The van der Waals surface area contributed by atoms with Crippen LogP contribution in [0.5, 0.6) is 11.5 Å². The zero-order valence-corrected chi connectivity index (χ0v) is 38.7. The smallest absolute Gasteiger partial charge is 0.329 e. The number of halogens is 4. The summed E-state index contributed by atoms with van der Waals surface area (Å²) in [5, 5.41) is 19.5. The van der Waals surface area contributed by atoms with Gasteiger partial charge in [0.1, 0.15) is 23.2 Å². The number of hydrogen-bond donors (Lipinski definition) is 3. The number of aryl methyl sites for hydroxylation is 1. The normalized spacial score (nSPS) is 17.9. The summed E-state index contributed by atoms with van der Waals surface area (Å²) >= 11 is 1.29. The molecular weight excluding hydrogens is 881 g/mol. The molecule has 1 aliphatic carbocycles. The minimum Gasteiger partial charge on any atom is -0.453 e. The first-order valence-electron chi connectivity index (χ1n) is 22.2. The molecule has 3 aliphatic rings. The second kappa shape index (κ2) is 22.2. The van der Waals surface area contributed by atoms with Crippen molar-refractivity contribution in [2.24, 2.45) is 7.05 Å². The molecule has 1 unspecified atom stereocenters. The highest BCUT2D eigenvalue weighted by Gasteiger charge is 2.44. The number of amides is 3. The molecule has 3 fully saturated rings. The van der Waals surface area contributed by atoms with Crippen LogP contribution >= 0.6 is 12.1 Å². The third-order valence-corrected chi connectivity index (χ3v) is 12.5. The minimum atomic E-state index is -3.05. The number of nitriles is 1. The molecule has 4 heterocycles. The number of anilines is 2. The van der Waals surface area contributed by atoms with Gasteiger partial charge in [-0.2, -0.15) is 10.4 Å². The number of ether oxygens (including phenoxy) is 2. The van der Waals surface area contributed by atoms with E-state index in [1.807, 2.05) is 45.1 Å². The molecule has 66 heavy (non-hydrogen) atoms. The quantitative estimate of drug-likeness (QED) is 0.0803. The average molecular weight is 937 g/mol. The van der Waals surface area contributed by atoms with Gasteiger partial charge in [0.2, 0.25) is 5.91 Å². The number of hydrogen-bond acceptors (Lipinski definition) is 12. The summed E-state index contributed by atoms with van der Waals surface area (Å²) in [6.07, 6.45) is 7.74. The monoisotopic (exact) mass is 936 g/mol. The second-order valence-corrected chi connectivity index (χ2v) is 17.1. The Labute approximate surface area is 385 Å². The summed E-state index contributed by atoms with van der Waals surface area (Å²) in [4.78, 5) is 42.4. The highest BCUT2D eigenvalue weighted by Crippen LogP contribution is 2.41. The summed E-state index contributed by atoms with van der Waals surface area (Å²) in [5.41, 5.74) is 1.13. The maximum atomic E-state index is 14.8. The lowest BCUT2D eigenvalue weighted by Crippen LogP contribution is -2.49. The van der Waals surface area contributed by atoms with Gasteiger partial charge in [0.15, 0.2) is 17.4 Å². The van der Waals surface area contributed by atoms with Crippen molar-refractivity contribution in [3.05, 3.63) is 81.9 Å². The number of carbonyl (C=O) groups is 2. The van der Waals surface area contributed by atoms with Crippen LogP contribution in [0.25, 0.3) is 21.8 Å². The molecule has 3 N–H and O–H groups in total. The predicted octanol–water partition coefficient (Wildman–Crippen LogP) is 8.93. The number of benzene rings is 3. The van der Waals surface area contributed by atoms with Gasteiger partial charge in [0.25, 0.3) is 11.5 Å². The van der Waals surface area contributed by atoms with Crippen molar-refractivity contribution >= 4 is 57.4 Å². The molecule has 2 aliphatic heterocycles. The Morgan fingerprint density at radius 1 is 1.05 bits per heavy atom. The maximum absolute atomic E-state index is 14.8. The van der Waals surface area contributed by atoms with E-state index in [-0.39, 0.29) is 65.5 Å². The van der Waals surface area contributed by atoms with Crippen molar-refractivity contribution in [3.8, 4) is 17.6 Å². The first kappa shape index (κ1) is 49.7. The SMILES string of the molecule is CC.CCN(C)SNc1ccc(F)c(Oc2ccc3ncn(C(C)COC4CCCCC4)c(=O)c3c2)c1C#N.Cn1nc(N2CCC(=O)NC2=O)c2cc(F)c([C@@H]3CCNCC3(F)F)cc21. The van der Waals surface area contributed by atoms with Crippen molar-refractivity contribution in [1.29, 1.82) is 5.26 Å². The van der Waals surface area contributed by atoms with E-state index < -0.39 is 42.0 Å². The highest BCUT2D eigenvalue weighted by molar-refractivity contribution is 7.98. The fourth-order valence-corrected chi connectivity index (χ4v) is 8.52. The van der Waals surface area contributed by atoms with E-state index in [2.05, 4.69) is 25.4 Å². The number of piperidine rings is 1. The van der Waals surface area contributed by atoms with E-state index in [1.165, 1.54) is 71.6 Å². The molecular formula is C46H56F4N10O5S. The first-order valence-corrected chi connectivity index (χ1v) is 23.0. The minimum absolute atomic E-state index is 0.0363. The second-order valence-electron chi connectivity index (χ2n) is 16.1. The first-order chi connectivity index (χ1) is 31.7. The largest absolute Gasteiger partial charge is 0.453 e. The van der Waals surface area contributed by atoms with E-state index >= 15 is 0 Å². The van der Waals surface area contributed by atoms with Gasteiger partial charge < -0.3 is 19.5 Å². The lowest BCUT2D eigenvalue weighted by atomic mass is 9.86. The van der Waals surface area contributed by atoms with Gasteiger partial charge in [0, 0.05) is 44.1 Å². The van der Waals surface area contributed by atoms with Gasteiger partial charge in [-0.05, 0) is 87.8 Å². The molecule has 0 radical (unpaired) electrons. The topological polar surface area (TPSA) is 172 Å². The standard InChI is InChI=1S/C27H32FN5O3S.C17H18F3N5O2.C2H6/c1-4-32(3)37-31-25-13-11-23(28)26(22(25)15-29)36-20-10-12-24-21(14-20)27(34)33(17-30-24)18(2)16-35-19-8-6-5-7-9-19;1-24-13-7-9(11-2-4-21-8-17(11,19)20)12(18)6-10(13)15(23-24)25-5-3-14(26)22-16(25)27;1-2/h10-14,17-19,31H,4-9,16H2,1-3H3;6-7,11,21H,2-5,8H2,1H3,(H,22,26,27);1-2H3/t;11-;/m.0./s1. The fraction of sp³-hybridized carbons (Fsp3) is 0.478. The van der Waals surface area contributed by atoms with Crippen LogP contribution in [0, 0.1) is 23.0 Å². The molecule has 3 amide bonds. The van der Waals surface area contributed by atoms with E-state index in [1.54, 1.807) is 23.7 Å². The predicted molar refractivity (Wildman–Crippen MR) is 247 cm³/mol. The number of carbonyl (C=O) groups excluding carboxylic acids is 2. The Bertz CT molecular complexity index is 2630. The van der Waals surface area contributed by atoms with E-state index in [9.17, 15) is 37.2 Å². The van der Waals surface area contributed by atoms with Gasteiger partial charge in [-0.1, -0.05) is 40.0 Å². The Balaban J connectivity index is 0.000000220. The number of alkyl halides is 2. The molecule has 2 atom stereocenters. The van der Waals surface area contributed by atoms with Crippen molar-refractivity contribution in [3.63, 3.8) is 0 Å². The van der Waals surface area contributed by atoms with Crippen LogP contribution in [0.3, 0.4) is 0 Å². The van der Waals surface area contributed by atoms with Crippen molar-refractivity contribution < 1.29 is 36.6 Å². The number of urea groups is 1. The summed E-state index contributed by atoms with van der Waals surface area (Å²) in [6.45, 7) is 9.13. The number of nitrogens with zero attached hydrogens (tertiary/aromatic N) is 7. The van der Waals surface area contributed by atoms with E-state index in [0.717, 1.165) is 25.5 Å². The number of rotatable bonds is 12. The zero-order chi connectivity index (χ0) is 47.7. The summed E-state index contributed by atoms with van der Waals surface area (Å²) in [7, 11) is 3.49. The molecule has 0 bridgehead atoms. The van der Waals surface area contributed by atoms with Crippen LogP contribution in [0.4, 0.5) is 33.9 Å². The Morgan fingerprint density at radius 3 is 2.50 bits per heavy atom. The van der Waals surface area contributed by atoms with Crippen molar-refractivity contribution in [1.82, 2.24) is 34.3 Å². The van der Waals surface area contributed by atoms with Gasteiger partial charge in [0.05, 0.1) is 59.6 Å². The Hall–Kier alpha value is -5.75. The molecule has 8 rings (SSSR count). The molecule has 3 aromatic carbocycles. The van der Waals surface area contributed by atoms with E-state index in [4.69, 9.17) is 9.47 Å². The van der Waals surface area contributed by atoms with Crippen LogP contribution in [0.15, 0.2) is 53.6 Å². The molecule has 20 heteroatoms. The van der Waals surface area contributed by atoms with Crippen LogP contribution < -0.4 is 30.6 Å². The van der Waals surface area contributed by atoms with Crippen LogP contribution in [-0.2, 0) is 16.6 Å². The molecule has 15 nitrogen and oxygen atoms in total. The lowest BCUT2D eigenvalue weighted by molar-refractivity contribution is -0.120. The summed E-state index contributed by atoms with van der Waals surface area (Å²) in [6, 6.07) is 11.3. The summed E-state index contributed by atoms with van der Waals surface area (Å²) in [5.74, 6) is -5.87. The number of aromatic nitrogens is 4. The van der Waals surface area contributed by atoms with Crippen LogP contribution in [0.1, 0.15) is 95.7 Å². The van der Waals surface area contributed by atoms with Gasteiger partial charge in [-0.25, -0.2) is 31.6 Å². The molecule has 0 spiro atoms. The number of imide groups is 1. The molecule has 2 saturated heterocycles. The van der Waals surface area contributed by atoms with Gasteiger partial charge in [-0.3, -0.25) is 29.1 Å². The lowest BCUT2D eigenvalue weighted by Gasteiger charge is -2.32. The molecule has 5 aromatic rings. The highest BCUT2D eigenvalue weighted by atomic mass is 32.2. The molecule has 2 aromatic heterocycles. The molecule has 1 saturated carbocycles. The third-order valence-electron chi connectivity index (χ3n) is 11.7. The average Bonchev–Trinajstić information content (AvgIpc) is 3.62. The van der Waals surface area contributed by atoms with Crippen LogP contribution in [0.2, 0.25) is 0 Å². The fourth-order valence-electron chi connectivity index (χ4n) is 7.97. The molecule has 354 valence electrons. The summed E-state index contributed by atoms with van der Waals surface area (Å²) < 4.78 is 78.0. The maximum Gasteiger partial charge on any atom is 0.329 e.